The van der Waals surface area contributed by atoms with Crippen LogP contribution in [0.5, 0.6) is 0 Å². The van der Waals surface area contributed by atoms with Crippen molar-refractivity contribution in [1.82, 2.24) is 9.88 Å². The van der Waals surface area contributed by atoms with Gasteiger partial charge in [-0.05, 0) is 26.0 Å². The van der Waals surface area contributed by atoms with E-state index in [1.165, 1.54) is 0 Å². The molecule has 2 N–H and O–H groups in total. The molecule has 0 saturated carbocycles. The summed E-state index contributed by atoms with van der Waals surface area (Å²) in [5, 5.41) is 0. The minimum Gasteiger partial charge on any atom is -0.372 e. The maximum Gasteiger partial charge on any atom is 0.351 e. The number of hydrogen-bond donors (Lipinski definition) is 1. The van der Waals surface area contributed by atoms with Crippen LogP contribution in [0.25, 0.3) is 16.8 Å². The zero-order chi connectivity index (χ0) is 17.4. The van der Waals surface area contributed by atoms with E-state index in [4.69, 9.17) is 4.74 Å². The van der Waals surface area contributed by atoms with Crippen molar-refractivity contribution < 1.29 is 18.9 Å². The van der Waals surface area contributed by atoms with Crippen molar-refractivity contribution in [1.29, 1.82) is 0 Å². The molecule has 0 spiro atoms. The molecule has 4 heterocycles. The average molecular weight is 338 g/mol. The first-order valence-corrected chi connectivity index (χ1v) is 8.57. The highest BCUT2D eigenvalue weighted by atomic mass is 16.5. The minimum absolute atomic E-state index is 0.00283. The van der Waals surface area contributed by atoms with Crippen LogP contribution in [0.3, 0.4) is 0 Å². The van der Waals surface area contributed by atoms with Crippen molar-refractivity contribution in [2.45, 2.75) is 26.1 Å². The van der Waals surface area contributed by atoms with Crippen molar-refractivity contribution in [3.05, 3.63) is 54.7 Å². The highest BCUT2D eigenvalue weighted by molar-refractivity contribution is 5.91. The van der Waals surface area contributed by atoms with Gasteiger partial charge in [-0.1, -0.05) is 6.07 Å². The fraction of sp³-hybridized carbons (Fsp3) is 0.316. The molecule has 128 valence electrons. The van der Waals surface area contributed by atoms with Gasteiger partial charge in [-0.25, -0.2) is 9.97 Å². The fourth-order valence-electron chi connectivity index (χ4n) is 3.51. The number of morpholine rings is 1. The van der Waals surface area contributed by atoms with Crippen LogP contribution in [-0.4, -0.2) is 41.1 Å². The SMILES string of the molecule is CC1CN(C(=O)c2[nH]c(-c3cc[nH+]cc3)c3cccc[n+]23)CC(C)O1. The Morgan fingerprint density at radius 2 is 1.92 bits per heavy atom. The molecule has 4 rings (SSSR count). The van der Waals surface area contributed by atoms with Crippen molar-refractivity contribution >= 4 is 11.4 Å². The van der Waals surface area contributed by atoms with Crippen LogP contribution in [0.2, 0.25) is 0 Å². The number of fused-ring (bicyclic) bond motifs is 1. The minimum atomic E-state index is -0.00283. The molecule has 2 unspecified atom stereocenters. The van der Waals surface area contributed by atoms with Crippen molar-refractivity contribution in [3.8, 4) is 11.3 Å². The zero-order valence-corrected chi connectivity index (χ0v) is 14.4. The summed E-state index contributed by atoms with van der Waals surface area (Å²) in [6.07, 6.45) is 5.77. The lowest BCUT2D eigenvalue weighted by Crippen LogP contribution is -2.50. The third kappa shape index (κ3) is 2.89. The van der Waals surface area contributed by atoms with Crippen LogP contribution in [0.1, 0.15) is 24.5 Å². The van der Waals surface area contributed by atoms with E-state index in [-0.39, 0.29) is 18.1 Å². The summed E-state index contributed by atoms with van der Waals surface area (Å²) in [4.78, 5) is 21.4. The van der Waals surface area contributed by atoms with Crippen molar-refractivity contribution in [2.75, 3.05) is 13.1 Å². The summed E-state index contributed by atoms with van der Waals surface area (Å²) >= 11 is 0. The quantitative estimate of drug-likeness (QED) is 0.720. The number of nitrogens with zero attached hydrogens (tertiary/aromatic N) is 2. The Labute approximate surface area is 146 Å². The first-order chi connectivity index (χ1) is 12.1. The number of carbonyl (C=O) groups excluding carboxylic acids is 1. The summed E-state index contributed by atoms with van der Waals surface area (Å²) in [6, 6.07) is 9.92. The number of hydrogen-bond acceptors (Lipinski definition) is 2. The number of amides is 1. The number of aromatic amines is 2. The molecule has 6 heteroatoms. The lowest BCUT2D eigenvalue weighted by atomic mass is 10.2. The van der Waals surface area contributed by atoms with Gasteiger partial charge < -0.3 is 9.64 Å². The van der Waals surface area contributed by atoms with Crippen molar-refractivity contribution in [3.63, 3.8) is 0 Å². The van der Waals surface area contributed by atoms with Gasteiger partial charge >= 0.3 is 11.7 Å². The Bertz CT molecular complexity index is 896. The molecule has 1 saturated heterocycles. The summed E-state index contributed by atoms with van der Waals surface area (Å²) in [7, 11) is 0. The van der Waals surface area contributed by atoms with Crippen molar-refractivity contribution in [2.24, 2.45) is 0 Å². The van der Waals surface area contributed by atoms with Crippen LogP contribution in [0, 0.1) is 0 Å². The molecule has 1 fully saturated rings. The number of carbonyl (C=O) groups is 1. The summed E-state index contributed by atoms with van der Waals surface area (Å²) in [6.45, 7) is 5.21. The molecule has 3 aromatic rings. The van der Waals surface area contributed by atoms with Gasteiger partial charge in [0.2, 0.25) is 0 Å². The molecular formula is C19H22N4O2+2. The lowest BCUT2D eigenvalue weighted by molar-refractivity contribution is -0.514. The van der Waals surface area contributed by atoms with E-state index in [2.05, 4.69) is 9.97 Å². The third-order valence-corrected chi connectivity index (χ3v) is 4.52. The van der Waals surface area contributed by atoms with E-state index in [9.17, 15) is 4.79 Å². The van der Waals surface area contributed by atoms with E-state index >= 15 is 0 Å². The highest BCUT2D eigenvalue weighted by Crippen LogP contribution is 2.21. The Balaban J connectivity index is 1.79. The van der Waals surface area contributed by atoms with E-state index in [0.29, 0.717) is 18.9 Å². The van der Waals surface area contributed by atoms with Crippen LogP contribution in [0.4, 0.5) is 0 Å². The normalized spacial score (nSPS) is 20.8. The predicted molar refractivity (Wildman–Crippen MR) is 91.9 cm³/mol. The molecule has 6 nitrogen and oxygen atoms in total. The summed E-state index contributed by atoms with van der Waals surface area (Å²) < 4.78 is 7.68. The molecule has 1 aliphatic heterocycles. The number of imidazole rings is 1. The van der Waals surface area contributed by atoms with Gasteiger partial charge in [0.25, 0.3) is 0 Å². The molecule has 1 aliphatic rings. The monoisotopic (exact) mass is 338 g/mol. The maximum atomic E-state index is 13.2. The van der Waals surface area contributed by atoms with Gasteiger partial charge in [0.1, 0.15) is 0 Å². The molecule has 0 bridgehead atoms. The Hall–Kier alpha value is -2.73. The van der Waals surface area contributed by atoms with Gasteiger partial charge in [-0.2, -0.15) is 4.40 Å². The Kier molecular flexibility index (Phi) is 3.97. The maximum absolute atomic E-state index is 13.2. The Morgan fingerprint density at radius 3 is 2.64 bits per heavy atom. The van der Waals surface area contributed by atoms with Gasteiger partial charge in [-0.15, -0.1) is 0 Å². The van der Waals surface area contributed by atoms with Crippen LogP contribution in [0.15, 0.2) is 48.9 Å². The molecule has 2 atom stereocenters. The molecule has 3 aromatic heterocycles. The predicted octanol–water partition coefficient (Wildman–Crippen LogP) is 1.48. The number of rotatable bonds is 2. The molecule has 0 radical (unpaired) electrons. The molecular weight excluding hydrogens is 316 g/mol. The van der Waals surface area contributed by atoms with E-state index in [1.807, 2.05) is 72.1 Å². The highest BCUT2D eigenvalue weighted by Gasteiger charge is 2.33. The topological polar surface area (TPSA) is 63.6 Å². The van der Waals surface area contributed by atoms with Crippen LogP contribution >= 0.6 is 0 Å². The number of H-pyrrole nitrogens is 2. The second-order valence-electron chi connectivity index (χ2n) is 6.56. The number of pyridine rings is 2. The number of ether oxygens (including phenoxy) is 1. The third-order valence-electron chi connectivity index (χ3n) is 4.52. The number of nitrogens with one attached hydrogen (secondary N) is 2. The van der Waals surface area contributed by atoms with E-state index in [0.717, 1.165) is 16.8 Å². The van der Waals surface area contributed by atoms with Gasteiger partial charge in [-0.3, -0.25) is 4.79 Å². The molecule has 1 amide bonds. The van der Waals surface area contributed by atoms with E-state index < -0.39 is 0 Å². The van der Waals surface area contributed by atoms with E-state index in [1.54, 1.807) is 0 Å². The zero-order valence-electron chi connectivity index (χ0n) is 14.4. The van der Waals surface area contributed by atoms with Gasteiger partial charge in [0.05, 0.1) is 18.4 Å². The largest absolute Gasteiger partial charge is 0.372 e. The standard InChI is InChI=1S/C19H20N4O2/c1-13-11-22(12-14(2)25-13)19(24)18-21-17(15-6-8-20-9-7-15)16-5-3-4-10-23(16)18/h3-10,13-14H,11-12H2,1-2H3/p+2. The lowest BCUT2D eigenvalue weighted by Gasteiger charge is -2.34. The second kappa shape index (κ2) is 6.29. The van der Waals surface area contributed by atoms with Crippen LogP contribution < -0.4 is 9.38 Å². The molecule has 0 aromatic carbocycles. The number of aromatic nitrogens is 3. The molecule has 0 aliphatic carbocycles. The second-order valence-corrected chi connectivity index (χ2v) is 6.56. The molecule has 25 heavy (non-hydrogen) atoms. The smallest absolute Gasteiger partial charge is 0.351 e. The Morgan fingerprint density at radius 1 is 1.20 bits per heavy atom. The summed E-state index contributed by atoms with van der Waals surface area (Å²) in [5.41, 5.74) is 2.95. The van der Waals surface area contributed by atoms with Crippen LogP contribution in [-0.2, 0) is 4.74 Å². The fourth-order valence-corrected chi connectivity index (χ4v) is 3.51. The van der Waals surface area contributed by atoms with Gasteiger partial charge in [0.15, 0.2) is 23.6 Å². The first-order valence-electron chi connectivity index (χ1n) is 8.57. The average Bonchev–Trinajstić information content (AvgIpc) is 3.01. The van der Waals surface area contributed by atoms with Gasteiger partial charge in [0, 0.05) is 30.8 Å². The summed E-state index contributed by atoms with van der Waals surface area (Å²) in [5.74, 6) is 0.566. The first kappa shape index (κ1) is 15.8.